The molecule has 0 bridgehead atoms. The van der Waals surface area contributed by atoms with E-state index in [1.807, 2.05) is 6.92 Å². The van der Waals surface area contributed by atoms with Crippen molar-refractivity contribution >= 4 is 11.8 Å². The Kier molecular flexibility index (Phi) is 5.10. The number of aliphatic hydroxyl groups is 1. The molecule has 0 saturated carbocycles. The monoisotopic (exact) mass is 258 g/mol. The molecule has 0 aromatic carbocycles. The van der Waals surface area contributed by atoms with Crippen LogP contribution in [0.2, 0.25) is 0 Å². The van der Waals surface area contributed by atoms with Crippen molar-refractivity contribution in [3.63, 3.8) is 0 Å². The number of carbonyl (C=O) groups is 2. The van der Waals surface area contributed by atoms with Gasteiger partial charge < -0.3 is 20.1 Å². The molecule has 18 heavy (non-hydrogen) atoms. The number of amides is 2. The molecule has 1 rings (SSSR count). The van der Waals surface area contributed by atoms with E-state index in [9.17, 15) is 9.59 Å². The second-order valence-electron chi connectivity index (χ2n) is 5.02. The van der Waals surface area contributed by atoms with Crippen LogP contribution >= 0.6 is 0 Å². The highest BCUT2D eigenvalue weighted by Crippen LogP contribution is 2.18. The summed E-state index contributed by atoms with van der Waals surface area (Å²) in [5, 5.41) is 11.9. The van der Waals surface area contributed by atoms with Gasteiger partial charge in [-0.05, 0) is 19.8 Å². The number of likely N-dealkylation sites (tertiary alicyclic amines) is 1. The first kappa shape index (κ1) is 14.9. The van der Waals surface area contributed by atoms with Crippen LogP contribution in [0.3, 0.4) is 0 Å². The second-order valence-corrected chi connectivity index (χ2v) is 5.02. The first-order valence-corrected chi connectivity index (χ1v) is 6.11. The highest BCUT2D eigenvalue weighted by molar-refractivity contribution is 5.91. The molecule has 1 aliphatic heterocycles. The number of aliphatic hydroxyl groups excluding tert-OH is 1. The van der Waals surface area contributed by atoms with E-state index < -0.39 is 11.6 Å². The van der Waals surface area contributed by atoms with E-state index in [4.69, 9.17) is 9.84 Å². The van der Waals surface area contributed by atoms with Crippen molar-refractivity contribution in [2.24, 2.45) is 0 Å². The highest BCUT2D eigenvalue weighted by Gasteiger charge is 2.36. The van der Waals surface area contributed by atoms with Crippen LogP contribution in [0.25, 0.3) is 0 Å². The number of hydrogen-bond donors (Lipinski definition) is 2. The van der Waals surface area contributed by atoms with Crippen LogP contribution in [0, 0.1) is 0 Å². The number of nitrogens with one attached hydrogen (secondary N) is 1. The molecule has 0 aliphatic carbocycles. The smallest absolute Gasteiger partial charge is 0.243 e. The van der Waals surface area contributed by atoms with E-state index in [0.29, 0.717) is 25.9 Å². The molecule has 1 saturated heterocycles. The van der Waals surface area contributed by atoms with Gasteiger partial charge in [0, 0.05) is 27.2 Å². The van der Waals surface area contributed by atoms with E-state index in [0.717, 1.165) is 0 Å². The number of ether oxygens (including phenoxy) is 1. The standard InChI is InChI=1S/C12H22N2O4/c1-12(6-7-15,8-18-3)13-11(17)9-4-5-10(16)14(9)2/h9,15H,4-8H2,1-3H3,(H,13,17). The van der Waals surface area contributed by atoms with Crippen LogP contribution in [-0.4, -0.2) is 60.8 Å². The summed E-state index contributed by atoms with van der Waals surface area (Å²) in [5.41, 5.74) is -0.604. The third-order valence-electron chi connectivity index (χ3n) is 3.35. The number of methoxy groups -OCH3 is 1. The van der Waals surface area contributed by atoms with Crippen molar-refractivity contribution in [2.45, 2.75) is 37.8 Å². The summed E-state index contributed by atoms with van der Waals surface area (Å²) in [4.78, 5) is 25.0. The molecule has 2 N–H and O–H groups in total. The van der Waals surface area contributed by atoms with Crippen LogP contribution in [0.1, 0.15) is 26.2 Å². The lowest BCUT2D eigenvalue weighted by atomic mass is 9.98. The van der Waals surface area contributed by atoms with Crippen molar-refractivity contribution in [1.82, 2.24) is 10.2 Å². The lowest BCUT2D eigenvalue weighted by molar-refractivity contribution is -0.135. The molecule has 104 valence electrons. The zero-order valence-electron chi connectivity index (χ0n) is 11.2. The zero-order valence-corrected chi connectivity index (χ0v) is 11.2. The van der Waals surface area contributed by atoms with Gasteiger partial charge in [-0.1, -0.05) is 0 Å². The minimum absolute atomic E-state index is 0.00856. The van der Waals surface area contributed by atoms with E-state index in [2.05, 4.69) is 5.32 Å². The van der Waals surface area contributed by atoms with Gasteiger partial charge in [-0.15, -0.1) is 0 Å². The van der Waals surface area contributed by atoms with Crippen LogP contribution in [0.4, 0.5) is 0 Å². The fourth-order valence-electron chi connectivity index (χ4n) is 2.23. The SMILES string of the molecule is COCC(C)(CCO)NC(=O)C1CCC(=O)N1C. The Balaban J connectivity index is 2.64. The topological polar surface area (TPSA) is 78.9 Å². The lowest BCUT2D eigenvalue weighted by Gasteiger charge is -2.32. The van der Waals surface area contributed by atoms with Gasteiger partial charge in [0.15, 0.2) is 0 Å². The molecule has 0 aromatic rings. The Bertz CT molecular complexity index is 313. The van der Waals surface area contributed by atoms with E-state index >= 15 is 0 Å². The van der Waals surface area contributed by atoms with Gasteiger partial charge in [0.1, 0.15) is 6.04 Å². The molecule has 2 amide bonds. The number of rotatable bonds is 6. The molecule has 0 radical (unpaired) electrons. The average Bonchev–Trinajstić information content (AvgIpc) is 2.60. The molecule has 6 nitrogen and oxygen atoms in total. The average molecular weight is 258 g/mol. The van der Waals surface area contributed by atoms with Crippen molar-refractivity contribution in [3.8, 4) is 0 Å². The van der Waals surface area contributed by atoms with Crippen LogP contribution in [-0.2, 0) is 14.3 Å². The van der Waals surface area contributed by atoms with E-state index in [1.54, 1.807) is 14.2 Å². The van der Waals surface area contributed by atoms with Gasteiger partial charge in [-0.2, -0.15) is 0 Å². The van der Waals surface area contributed by atoms with Crippen LogP contribution in [0.5, 0.6) is 0 Å². The van der Waals surface area contributed by atoms with Gasteiger partial charge in [0.05, 0.1) is 12.1 Å². The molecule has 1 heterocycles. The summed E-state index contributed by atoms with van der Waals surface area (Å²) in [5.74, 6) is -0.192. The number of likely N-dealkylation sites (N-methyl/N-ethyl adjacent to an activating group) is 1. The Morgan fingerprint density at radius 3 is 2.78 bits per heavy atom. The quantitative estimate of drug-likeness (QED) is 0.674. The largest absolute Gasteiger partial charge is 0.396 e. The predicted octanol–water partition coefficient (Wildman–Crippen LogP) is -0.489. The first-order chi connectivity index (χ1) is 8.43. The maximum Gasteiger partial charge on any atom is 0.243 e. The summed E-state index contributed by atoms with van der Waals surface area (Å²) in [6.07, 6.45) is 1.37. The third kappa shape index (κ3) is 3.43. The fourth-order valence-corrected chi connectivity index (χ4v) is 2.23. The van der Waals surface area contributed by atoms with Gasteiger partial charge in [-0.25, -0.2) is 0 Å². The maximum absolute atomic E-state index is 12.1. The third-order valence-corrected chi connectivity index (χ3v) is 3.35. The van der Waals surface area contributed by atoms with Gasteiger partial charge in [0.2, 0.25) is 11.8 Å². The molecule has 1 aliphatic rings. The Morgan fingerprint density at radius 1 is 1.67 bits per heavy atom. The summed E-state index contributed by atoms with van der Waals surface area (Å²) < 4.78 is 5.06. The van der Waals surface area contributed by atoms with Crippen LogP contribution in [0.15, 0.2) is 0 Å². The van der Waals surface area contributed by atoms with Crippen molar-refractivity contribution in [2.75, 3.05) is 27.4 Å². The zero-order chi connectivity index (χ0) is 13.8. The van der Waals surface area contributed by atoms with Gasteiger partial charge in [-0.3, -0.25) is 9.59 Å². The molecule has 0 aromatic heterocycles. The predicted molar refractivity (Wildman–Crippen MR) is 65.9 cm³/mol. The van der Waals surface area contributed by atoms with Crippen molar-refractivity contribution in [1.29, 1.82) is 0 Å². The molecular formula is C12H22N2O4. The second kappa shape index (κ2) is 6.15. The van der Waals surface area contributed by atoms with Crippen molar-refractivity contribution < 1.29 is 19.4 Å². The Hall–Kier alpha value is -1.14. The number of carbonyl (C=O) groups excluding carboxylic acids is 2. The van der Waals surface area contributed by atoms with E-state index in [-0.39, 0.29) is 18.4 Å². The molecular weight excluding hydrogens is 236 g/mol. The first-order valence-electron chi connectivity index (χ1n) is 6.11. The molecule has 6 heteroatoms. The Labute approximate surface area is 107 Å². The summed E-state index contributed by atoms with van der Waals surface area (Å²) in [7, 11) is 3.19. The Morgan fingerprint density at radius 2 is 2.33 bits per heavy atom. The fraction of sp³-hybridized carbons (Fsp3) is 0.833. The summed E-state index contributed by atoms with van der Waals surface area (Å²) >= 11 is 0. The number of nitrogens with zero attached hydrogens (tertiary/aromatic N) is 1. The van der Waals surface area contributed by atoms with Gasteiger partial charge >= 0.3 is 0 Å². The normalized spacial score (nSPS) is 23.0. The number of hydrogen-bond acceptors (Lipinski definition) is 4. The summed E-state index contributed by atoms with van der Waals surface area (Å²) in [6.45, 7) is 2.12. The minimum Gasteiger partial charge on any atom is -0.396 e. The highest BCUT2D eigenvalue weighted by atomic mass is 16.5. The summed E-state index contributed by atoms with van der Waals surface area (Å²) in [6, 6.07) is -0.410. The molecule has 1 fully saturated rings. The lowest BCUT2D eigenvalue weighted by Crippen LogP contribution is -2.55. The van der Waals surface area contributed by atoms with Crippen molar-refractivity contribution in [3.05, 3.63) is 0 Å². The molecule has 2 unspecified atom stereocenters. The van der Waals surface area contributed by atoms with Gasteiger partial charge in [0.25, 0.3) is 0 Å². The minimum atomic E-state index is -0.604. The molecule has 0 spiro atoms. The molecule has 2 atom stereocenters. The maximum atomic E-state index is 12.1. The van der Waals surface area contributed by atoms with E-state index in [1.165, 1.54) is 4.90 Å². The van der Waals surface area contributed by atoms with Crippen LogP contribution < -0.4 is 5.32 Å².